The fourth-order valence-corrected chi connectivity index (χ4v) is 2.09. The molecular weight excluding hydrogens is 236 g/mol. The van der Waals surface area contributed by atoms with Gasteiger partial charge in [0.05, 0.1) is 12.2 Å². The van der Waals surface area contributed by atoms with Crippen LogP contribution >= 0.6 is 0 Å². The number of carbonyl (C=O) groups excluding carboxylic acids is 1. The first-order chi connectivity index (χ1) is 8.65. The largest absolute Gasteiger partial charge is 0.340 e. The number of rotatable bonds is 1. The van der Waals surface area contributed by atoms with Crippen molar-refractivity contribution in [3.05, 3.63) is 65.0 Å². The SMILES string of the molecule is O=C1/C(=C/c2ccc(F)c(F)c2)Cn2cccc21. The van der Waals surface area contributed by atoms with Gasteiger partial charge in [0.2, 0.25) is 5.78 Å². The third kappa shape index (κ3) is 1.66. The van der Waals surface area contributed by atoms with Crippen LogP contribution in [0.3, 0.4) is 0 Å². The summed E-state index contributed by atoms with van der Waals surface area (Å²) in [7, 11) is 0. The molecule has 0 aliphatic carbocycles. The van der Waals surface area contributed by atoms with Gasteiger partial charge in [0.25, 0.3) is 0 Å². The number of allylic oxidation sites excluding steroid dienone is 1. The third-order valence-electron chi connectivity index (χ3n) is 2.98. The fourth-order valence-electron chi connectivity index (χ4n) is 2.09. The second-order valence-electron chi connectivity index (χ2n) is 4.19. The van der Waals surface area contributed by atoms with Gasteiger partial charge in [-0.1, -0.05) is 6.07 Å². The zero-order valence-electron chi connectivity index (χ0n) is 9.36. The zero-order chi connectivity index (χ0) is 12.7. The van der Waals surface area contributed by atoms with E-state index in [0.29, 0.717) is 23.4 Å². The Balaban J connectivity index is 1.97. The smallest absolute Gasteiger partial charge is 0.207 e. The van der Waals surface area contributed by atoms with E-state index in [1.807, 2.05) is 16.8 Å². The number of fused-ring (bicyclic) bond motifs is 1. The molecule has 4 heteroatoms. The molecule has 18 heavy (non-hydrogen) atoms. The maximum Gasteiger partial charge on any atom is 0.207 e. The molecule has 0 radical (unpaired) electrons. The minimum atomic E-state index is -0.908. The van der Waals surface area contributed by atoms with E-state index in [4.69, 9.17) is 0 Å². The minimum absolute atomic E-state index is 0.0651. The van der Waals surface area contributed by atoms with Crippen molar-refractivity contribution in [2.75, 3.05) is 0 Å². The van der Waals surface area contributed by atoms with Gasteiger partial charge >= 0.3 is 0 Å². The van der Waals surface area contributed by atoms with Crippen LogP contribution in [0.5, 0.6) is 0 Å². The molecule has 3 rings (SSSR count). The molecule has 1 aliphatic heterocycles. The van der Waals surface area contributed by atoms with Crippen LogP contribution in [0.4, 0.5) is 8.78 Å². The van der Waals surface area contributed by atoms with Gasteiger partial charge in [-0.15, -0.1) is 0 Å². The van der Waals surface area contributed by atoms with Crippen LogP contribution in [0, 0.1) is 11.6 Å². The van der Waals surface area contributed by atoms with Crippen molar-refractivity contribution < 1.29 is 13.6 Å². The first-order valence-electron chi connectivity index (χ1n) is 5.50. The highest BCUT2D eigenvalue weighted by Gasteiger charge is 2.23. The van der Waals surface area contributed by atoms with E-state index in [9.17, 15) is 13.6 Å². The van der Waals surface area contributed by atoms with Crippen molar-refractivity contribution in [3.63, 3.8) is 0 Å². The van der Waals surface area contributed by atoms with Gasteiger partial charge < -0.3 is 4.57 Å². The molecule has 0 atom stereocenters. The van der Waals surface area contributed by atoms with E-state index in [-0.39, 0.29) is 5.78 Å². The van der Waals surface area contributed by atoms with Crippen LogP contribution in [0.1, 0.15) is 16.1 Å². The average molecular weight is 245 g/mol. The predicted molar refractivity (Wildman–Crippen MR) is 63.1 cm³/mol. The Bertz CT molecular complexity index is 670. The number of Topliss-reactive ketones (excluding diaryl/α,β-unsaturated/α-hetero) is 1. The van der Waals surface area contributed by atoms with Crippen molar-refractivity contribution in [2.24, 2.45) is 0 Å². The van der Waals surface area contributed by atoms with Crippen molar-refractivity contribution >= 4 is 11.9 Å². The highest BCUT2D eigenvalue weighted by molar-refractivity contribution is 6.12. The Morgan fingerprint density at radius 2 is 2.00 bits per heavy atom. The average Bonchev–Trinajstić information content (AvgIpc) is 2.89. The molecule has 0 unspecified atom stereocenters. The standard InChI is InChI=1S/C14H9F2NO/c15-11-4-3-9(7-12(11)16)6-10-8-17-5-1-2-13(17)14(10)18/h1-7H,8H2/b10-6+. The van der Waals surface area contributed by atoms with E-state index in [2.05, 4.69) is 0 Å². The first-order valence-corrected chi connectivity index (χ1v) is 5.50. The second-order valence-corrected chi connectivity index (χ2v) is 4.19. The summed E-state index contributed by atoms with van der Waals surface area (Å²) in [6.45, 7) is 0.472. The van der Waals surface area contributed by atoms with Crippen molar-refractivity contribution in [1.29, 1.82) is 0 Å². The van der Waals surface area contributed by atoms with Crippen molar-refractivity contribution in [2.45, 2.75) is 6.54 Å². The van der Waals surface area contributed by atoms with Crippen molar-refractivity contribution in [1.82, 2.24) is 4.57 Å². The molecule has 0 spiro atoms. The lowest BCUT2D eigenvalue weighted by Crippen LogP contribution is -1.95. The minimum Gasteiger partial charge on any atom is -0.340 e. The second kappa shape index (κ2) is 3.91. The Hall–Kier alpha value is -2.23. The Kier molecular flexibility index (Phi) is 2.37. The highest BCUT2D eigenvalue weighted by Crippen LogP contribution is 2.23. The van der Waals surface area contributed by atoms with Crippen molar-refractivity contribution in [3.8, 4) is 0 Å². The monoisotopic (exact) mass is 245 g/mol. The number of hydrogen-bond acceptors (Lipinski definition) is 1. The molecule has 90 valence electrons. The van der Waals surface area contributed by atoms with Gasteiger partial charge in [-0.05, 0) is 35.9 Å². The van der Waals surface area contributed by atoms with Crippen LogP contribution in [0.2, 0.25) is 0 Å². The normalized spacial score (nSPS) is 16.3. The zero-order valence-corrected chi connectivity index (χ0v) is 9.36. The van der Waals surface area contributed by atoms with Crippen LogP contribution < -0.4 is 0 Å². The molecule has 1 aromatic carbocycles. The summed E-state index contributed by atoms with van der Waals surface area (Å²) < 4.78 is 27.7. The lowest BCUT2D eigenvalue weighted by atomic mass is 10.1. The van der Waals surface area contributed by atoms with Crippen LogP contribution in [-0.2, 0) is 6.54 Å². The number of ketones is 1. The number of benzene rings is 1. The number of aromatic nitrogens is 1. The molecule has 0 bridgehead atoms. The van der Waals surface area contributed by atoms with E-state index in [1.165, 1.54) is 6.07 Å². The molecular formula is C14H9F2NO. The van der Waals surface area contributed by atoms with E-state index in [0.717, 1.165) is 12.1 Å². The molecule has 2 nitrogen and oxygen atoms in total. The Labute approximate surface area is 102 Å². The molecule has 0 N–H and O–H groups in total. The number of hydrogen-bond donors (Lipinski definition) is 0. The molecule has 0 fully saturated rings. The third-order valence-corrected chi connectivity index (χ3v) is 2.98. The lowest BCUT2D eigenvalue weighted by molar-refractivity contribution is 0.103. The van der Waals surface area contributed by atoms with Gasteiger partial charge in [-0.2, -0.15) is 0 Å². The maximum atomic E-state index is 13.1. The highest BCUT2D eigenvalue weighted by atomic mass is 19.2. The summed E-state index contributed by atoms with van der Waals surface area (Å²) in [4.78, 5) is 12.0. The number of halogens is 2. The molecule has 0 saturated heterocycles. The molecule has 1 aromatic heterocycles. The topological polar surface area (TPSA) is 22.0 Å². The Morgan fingerprint density at radius 3 is 2.72 bits per heavy atom. The quantitative estimate of drug-likeness (QED) is 0.708. The summed E-state index contributed by atoms with van der Waals surface area (Å²) in [6, 6.07) is 7.15. The predicted octanol–water partition coefficient (Wildman–Crippen LogP) is 3.05. The van der Waals surface area contributed by atoms with Gasteiger partial charge in [0.1, 0.15) is 0 Å². The first kappa shape index (κ1) is 10.9. The molecule has 0 amide bonds. The van der Waals surface area contributed by atoms with Crippen LogP contribution in [-0.4, -0.2) is 10.4 Å². The van der Waals surface area contributed by atoms with Gasteiger partial charge in [-0.3, -0.25) is 4.79 Å². The molecule has 1 aliphatic rings. The fraction of sp³-hybridized carbons (Fsp3) is 0.0714. The van der Waals surface area contributed by atoms with E-state index >= 15 is 0 Å². The van der Waals surface area contributed by atoms with Crippen LogP contribution in [0.15, 0.2) is 42.1 Å². The van der Waals surface area contributed by atoms with Gasteiger partial charge in [0.15, 0.2) is 11.6 Å². The summed E-state index contributed by atoms with van der Waals surface area (Å²) in [5.41, 5.74) is 1.70. The summed E-state index contributed by atoms with van der Waals surface area (Å²) in [5.74, 6) is -1.86. The van der Waals surface area contributed by atoms with Crippen LogP contribution in [0.25, 0.3) is 6.08 Å². The van der Waals surface area contributed by atoms with E-state index < -0.39 is 11.6 Å². The Morgan fingerprint density at radius 1 is 1.17 bits per heavy atom. The molecule has 2 heterocycles. The lowest BCUT2D eigenvalue weighted by Gasteiger charge is -1.98. The van der Waals surface area contributed by atoms with E-state index in [1.54, 1.807) is 12.1 Å². The molecule has 0 saturated carbocycles. The number of carbonyl (C=O) groups is 1. The van der Waals surface area contributed by atoms with Gasteiger partial charge in [0, 0.05) is 11.8 Å². The summed E-state index contributed by atoms with van der Waals surface area (Å²) in [5, 5.41) is 0. The molecule has 2 aromatic rings. The number of nitrogens with zero attached hydrogens (tertiary/aromatic N) is 1. The summed E-state index contributed by atoms with van der Waals surface area (Å²) in [6.07, 6.45) is 3.41. The maximum absolute atomic E-state index is 13.1. The van der Waals surface area contributed by atoms with Gasteiger partial charge in [-0.25, -0.2) is 8.78 Å². The summed E-state index contributed by atoms with van der Waals surface area (Å²) >= 11 is 0.